The van der Waals surface area contributed by atoms with Crippen LogP contribution in [0.15, 0.2) is 54.6 Å². The Kier molecular flexibility index (Phi) is 7.78. The van der Waals surface area contributed by atoms with Crippen LogP contribution in [0.1, 0.15) is 18.1 Å². The van der Waals surface area contributed by atoms with Gasteiger partial charge in [-0.3, -0.25) is 9.69 Å². The van der Waals surface area contributed by atoms with Gasteiger partial charge in [0.05, 0.1) is 0 Å². The van der Waals surface area contributed by atoms with Gasteiger partial charge in [-0.25, -0.2) is 0 Å². The predicted molar refractivity (Wildman–Crippen MR) is 118 cm³/mol. The summed E-state index contributed by atoms with van der Waals surface area (Å²) in [4.78, 5) is 17.8. The van der Waals surface area contributed by atoms with Gasteiger partial charge in [-0.1, -0.05) is 41.9 Å². The maximum atomic E-state index is 13.4. The Labute approximate surface area is 183 Å². The van der Waals surface area contributed by atoms with Crippen molar-refractivity contribution >= 4 is 29.9 Å². The molecule has 1 amide bonds. The van der Waals surface area contributed by atoms with Crippen molar-refractivity contribution in [1.29, 1.82) is 0 Å². The Bertz CT molecular complexity index is 782. The summed E-state index contributed by atoms with van der Waals surface area (Å²) in [7, 11) is 0. The van der Waals surface area contributed by atoms with Crippen LogP contribution in [0.5, 0.6) is 5.75 Å². The van der Waals surface area contributed by atoms with E-state index >= 15 is 0 Å². The number of hydrogen-bond acceptors (Lipinski definition) is 4. The third kappa shape index (κ3) is 5.43. The molecule has 0 aliphatic carbocycles. The lowest BCUT2D eigenvalue weighted by atomic mass is 10.1. The molecule has 29 heavy (non-hydrogen) atoms. The topological polar surface area (TPSA) is 44.8 Å². The average Bonchev–Trinajstić information content (AvgIpc) is 3.24. The minimum absolute atomic E-state index is 0. The fraction of sp³-hybridized carbons (Fsp3) is 0.409. The summed E-state index contributed by atoms with van der Waals surface area (Å²) in [6.45, 7) is 5.70. The molecule has 2 heterocycles. The van der Waals surface area contributed by atoms with Gasteiger partial charge in [0.15, 0.2) is 0 Å². The molecular formula is C22H27Cl2N3O2. The highest BCUT2D eigenvalue weighted by molar-refractivity contribution is 6.30. The Hall–Kier alpha value is -1.79. The Morgan fingerprint density at radius 3 is 2.41 bits per heavy atom. The second-order valence-electron chi connectivity index (χ2n) is 7.38. The number of halogens is 2. The summed E-state index contributed by atoms with van der Waals surface area (Å²) in [6.07, 6.45) is 0.373. The second kappa shape index (κ2) is 10.3. The second-order valence-corrected chi connectivity index (χ2v) is 7.81. The predicted octanol–water partition coefficient (Wildman–Crippen LogP) is 3.39. The number of piperazine rings is 1. The number of hydrogen-bond donors (Lipinski definition) is 1. The van der Waals surface area contributed by atoms with Crippen LogP contribution in [0.2, 0.25) is 5.02 Å². The van der Waals surface area contributed by atoms with E-state index in [0.717, 1.165) is 51.3 Å². The standard InChI is InChI=1S/C22H26ClN3O2.ClH/c23-18-6-8-20(9-7-18)28-21(17-4-2-1-3-5-17)22(27)26-13-10-19(16-26)25-14-11-24-12-15-25;/h1-9,19,21,24H,10-16H2;1H. The summed E-state index contributed by atoms with van der Waals surface area (Å²) in [6, 6.07) is 17.3. The number of nitrogens with one attached hydrogen (secondary N) is 1. The molecule has 2 fully saturated rings. The van der Waals surface area contributed by atoms with Crippen molar-refractivity contribution < 1.29 is 9.53 Å². The van der Waals surface area contributed by atoms with Crippen molar-refractivity contribution in [1.82, 2.24) is 15.1 Å². The zero-order valence-corrected chi connectivity index (χ0v) is 17.9. The first-order chi connectivity index (χ1) is 13.7. The molecule has 156 valence electrons. The molecule has 2 saturated heterocycles. The number of nitrogens with zero attached hydrogens (tertiary/aromatic N) is 2. The molecule has 2 unspecified atom stereocenters. The van der Waals surface area contributed by atoms with E-state index in [2.05, 4.69) is 10.2 Å². The summed E-state index contributed by atoms with van der Waals surface area (Å²) in [5.41, 5.74) is 0.869. The van der Waals surface area contributed by atoms with Gasteiger partial charge < -0.3 is 15.0 Å². The van der Waals surface area contributed by atoms with Crippen LogP contribution in [-0.4, -0.2) is 61.0 Å². The van der Waals surface area contributed by atoms with Crippen LogP contribution in [0, 0.1) is 0 Å². The van der Waals surface area contributed by atoms with Crippen LogP contribution in [-0.2, 0) is 4.79 Å². The first-order valence-electron chi connectivity index (χ1n) is 9.91. The Balaban J connectivity index is 0.00000240. The molecule has 2 aliphatic rings. The third-order valence-corrected chi connectivity index (χ3v) is 5.79. The first kappa shape index (κ1) is 21.9. The smallest absolute Gasteiger partial charge is 0.268 e. The highest BCUT2D eigenvalue weighted by Crippen LogP contribution is 2.27. The van der Waals surface area contributed by atoms with Crippen LogP contribution in [0.4, 0.5) is 0 Å². The molecule has 0 spiro atoms. The van der Waals surface area contributed by atoms with Crippen molar-refractivity contribution in [2.24, 2.45) is 0 Å². The highest BCUT2D eigenvalue weighted by Gasteiger charge is 2.35. The maximum Gasteiger partial charge on any atom is 0.268 e. The van der Waals surface area contributed by atoms with Gasteiger partial charge in [0.1, 0.15) is 5.75 Å². The normalized spacial score (nSPS) is 20.7. The molecule has 0 saturated carbocycles. The van der Waals surface area contributed by atoms with Crippen LogP contribution < -0.4 is 10.1 Å². The maximum absolute atomic E-state index is 13.4. The van der Waals surface area contributed by atoms with Gasteiger partial charge in [-0.2, -0.15) is 0 Å². The summed E-state index contributed by atoms with van der Waals surface area (Å²) in [5.74, 6) is 0.670. The average molecular weight is 436 g/mol. The number of benzene rings is 2. The van der Waals surface area contributed by atoms with Crippen LogP contribution in [0.3, 0.4) is 0 Å². The number of carbonyl (C=O) groups excluding carboxylic acids is 1. The van der Waals surface area contributed by atoms with Gasteiger partial charge in [-0.05, 0) is 30.7 Å². The third-order valence-electron chi connectivity index (χ3n) is 5.54. The van der Waals surface area contributed by atoms with Crippen molar-refractivity contribution in [3.8, 4) is 5.75 Å². The molecule has 2 aliphatic heterocycles. The van der Waals surface area contributed by atoms with E-state index in [-0.39, 0.29) is 18.3 Å². The van der Waals surface area contributed by atoms with Crippen molar-refractivity contribution in [3.05, 3.63) is 65.2 Å². The summed E-state index contributed by atoms with van der Waals surface area (Å²) in [5, 5.41) is 4.04. The first-order valence-corrected chi connectivity index (χ1v) is 10.3. The molecular weight excluding hydrogens is 409 g/mol. The quantitative estimate of drug-likeness (QED) is 0.781. The van der Waals surface area contributed by atoms with Crippen LogP contribution in [0.25, 0.3) is 0 Å². The molecule has 0 aromatic heterocycles. The molecule has 0 bridgehead atoms. The van der Waals surface area contributed by atoms with Crippen molar-refractivity contribution in [2.45, 2.75) is 18.6 Å². The molecule has 2 atom stereocenters. The Morgan fingerprint density at radius 2 is 1.72 bits per heavy atom. The molecule has 4 rings (SSSR count). The van der Waals surface area contributed by atoms with E-state index in [4.69, 9.17) is 16.3 Å². The fourth-order valence-corrected chi connectivity index (χ4v) is 4.12. The zero-order valence-electron chi connectivity index (χ0n) is 16.3. The van der Waals surface area contributed by atoms with E-state index in [1.165, 1.54) is 0 Å². The molecule has 2 aromatic carbocycles. The number of likely N-dealkylation sites (tertiary alicyclic amines) is 1. The minimum atomic E-state index is -0.649. The van der Waals surface area contributed by atoms with E-state index in [9.17, 15) is 4.79 Å². The summed E-state index contributed by atoms with van der Waals surface area (Å²) < 4.78 is 6.14. The van der Waals surface area contributed by atoms with Gasteiger partial charge in [0.25, 0.3) is 5.91 Å². The fourth-order valence-electron chi connectivity index (χ4n) is 3.99. The van der Waals surface area contributed by atoms with E-state index < -0.39 is 6.10 Å². The molecule has 0 radical (unpaired) electrons. The number of carbonyl (C=O) groups is 1. The molecule has 7 heteroatoms. The van der Waals surface area contributed by atoms with E-state index in [0.29, 0.717) is 16.8 Å². The minimum Gasteiger partial charge on any atom is -0.476 e. The number of amides is 1. The zero-order chi connectivity index (χ0) is 19.3. The van der Waals surface area contributed by atoms with E-state index in [1.807, 2.05) is 35.2 Å². The van der Waals surface area contributed by atoms with Crippen LogP contribution >= 0.6 is 24.0 Å². The highest BCUT2D eigenvalue weighted by atomic mass is 35.5. The van der Waals surface area contributed by atoms with Gasteiger partial charge in [0.2, 0.25) is 6.10 Å². The van der Waals surface area contributed by atoms with Crippen molar-refractivity contribution in [3.63, 3.8) is 0 Å². The van der Waals surface area contributed by atoms with Gasteiger partial charge in [-0.15, -0.1) is 12.4 Å². The Morgan fingerprint density at radius 1 is 1.03 bits per heavy atom. The lowest BCUT2D eigenvalue weighted by Gasteiger charge is -2.33. The number of ether oxygens (including phenoxy) is 1. The lowest BCUT2D eigenvalue weighted by Crippen LogP contribution is -2.49. The largest absolute Gasteiger partial charge is 0.476 e. The van der Waals surface area contributed by atoms with Gasteiger partial charge >= 0.3 is 0 Å². The lowest BCUT2D eigenvalue weighted by molar-refractivity contribution is -0.138. The van der Waals surface area contributed by atoms with E-state index in [1.54, 1.807) is 24.3 Å². The number of rotatable bonds is 5. The van der Waals surface area contributed by atoms with Crippen molar-refractivity contribution in [2.75, 3.05) is 39.3 Å². The SMILES string of the molecule is Cl.O=C(C(Oc1ccc(Cl)cc1)c1ccccc1)N1CCC(N2CCNCC2)C1. The monoisotopic (exact) mass is 435 g/mol. The molecule has 1 N–H and O–H groups in total. The summed E-state index contributed by atoms with van der Waals surface area (Å²) >= 11 is 5.98. The molecule has 5 nitrogen and oxygen atoms in total. The molecule has 2 aromatic rings. The van der Waals surface area contributed by atoms with Gasteiger partial charge in [0, 0.05) is 55.9 Å².